The van der Waals surface area contributed by atoms with Crippen LogP contribution in [0.2, 0.25) is 0 Å². The molecule has 1 aromatic rings. The molecular formula is C21H37N3O4. The lowest BCUT2D eigenvalue weighted by atomic mass is 10.1. The first-order valence-electron chi connectivity index (χ1n) is 9.97. The fourth-order valence-electron chi connectivity index (χ4n) is 3.09. The van der Waals surface area contributed by atoms with E-state index >= 15 is 0 Å². The molecule has 28 heavy (non-hydrogen) atoms. The monoisotopic (exact) mass is 395 g/mol. The molecule has 2 N–H and O–H groups in total. The highest BCUT2D eigenvalue weighted by Gasteiger charge is 2.18. The van der Waals surface area contributed by atoms with E-state index < -0.39 is 6.10 Å². The van der Waals surface area contributed by atoms with Crippen molar-refractivity contribution < 1.29 is 19.3 Å². The second-order valence-electron chi connectivity index (χ2n) is 8.12. The van der Waals surface area contributed by atoms with Crippen LogP contribution in [0.4, 0.5) is 0 Å². The van der Waals surface area contributed by atoms with E-state index in [1.54, 1.807) is 14.2 Å². The van der Waals surface area contributed by atoms with E-state index in [-0.39, 0.29) is 12.2 Å². The lowest BCUT2D eigenvalue weighted by Gasteiger charge is -2.33. The predicted octanol–water partition coefficient (Wildman–Crippen LogP) is 1.20. The van der Waals surface area contributed by atoms with Gasteiger partial charge in [0.25, 0.3) is 0 Å². The molecule has 1 aromatic carbocycles. The molecule has 0 saturated carbocycles. The molecule has 0 aromatic heterocycles. The number of β-amino-alcohol motifs (C(OH)–C–C–N with tert-alkyl or cyclic N) is 1. The van der Waals surface area contributed by atoms with Crippen molar-refractivity contribution in [2.75, 3.05) is 67.1 Å². The Morgan fingerprint density at radius 3 is 2.50 bits per heavy atom. The van der Waals surface area contributed by atoms with E-state index in [1.807, 2.05) is 32.0 Å². The van der Waals surface area contributed by atoms with Crippen LogP contribution < -0.4 is 14.8 Å². The highest BCUT2D eigenvalue weighted by Crippen LogP contribution is 2.28. The van der Waals surface area contributed by atoms with Gasteiger partial charge in [0.2, 0.25) is 0 Å². The highest BCUT2D eigenvalue weighted by atomic mass is 16.5. The predicted molar refractivity (Wildman–Crippen MR) is 111 cm³/mol. The van der Waals surface area contributed by atoms with Gasteiger partial charge in [-0.2, -0.15) is 0 Å². The molecule has 1 aliphatic heterocycles. The number of hydrogen-bond acceptors (Lipinski definition) is 7. The summed E-state index contributed by atoms with van der Waals surface area (Å²) in [4.78, 5) is 4.58. The largest absolute Gasteiger partial charge is 0.493 e. The summed E-state index contributed by atoms with van der Waals surface area (Å²) in [7, 11) is 5.47. The van der Waals surface area contributed by atoms with Crippen LogP contribution in [-0.4, -0.2) is 93.8 Å². The molecule has 0 spiro atoms. The fourth-order valence-corrected chi connectivity index (χ4v) is 3.09. The number of ether oxygens (including phenoxy) is 3. The molecule has 160 valence electrons. The Morgan fingerprint density at radius 1 is 1.14 bits per heavy atom. The maximum Gasteiger partial charge on any atom is 0.161 e. The van der Waals surface area contributed by atoms with E-state index in [0.717, 1.165) is 38.3 Å². The maximum atomic E-state index is 10.4. The van der Waals surface area contributed by atoms with Crippen LogP contribution in [0.25, 0.3) is 0 Å². The second kappa shape index (κ2) is 11.0. The zero-order chi connectivity index (χ0) is 20.6. The third-order valence-electron chi connectivity index (χ3n) is 5.16. The Balaban J connectivity index is 1.85. The van der Waals surface area contributed by atoms with Gasteiger partial charge in [-0.1, -0.05) is 6.07 Å². The Morgan fingerprint density at radius 2 is 1.86 bits per heavy atom. The summed E-state index contributed by atoms with van der Waals surface area (Å²) in [6.07, 6.45) is -0.530. The average Bonchev–Trinajstić information content (AvgIpc) is 2.68. The first-order valence-corrected chi connectivity index (χ1v) is 9.97. The second-order valence-corrected chi connectivity index (χ2v) is 8.12. The number of hydrogen-bond donors (Lipinski definition) is 2. The van der Waals surface area contributed by atoms with Gasteiger partial charge in [0, 0.05) is 52.9 Å². The van der Waals surface area contributed by atoms with Crippen molar-refractivity contribution in [2.24, 2.45) is 0 Å². The van der Waals surface area contributed by atoms with Crippen LogP contribution in [0.5, 0.6) is 11.5 Å². The molecule has 7 nitrogen and oxygen atoms in total. The molecule has 1 aliphatic rings. The van der Waals surface area contributed by atoms with Crippen molar-refractivity contribution in [3.8, 4) is 11.5 Å². The van der Waals surface area contributed by atoms with Crippen molar-refractivity contribution >= 4 is 0 Å². The zero-order valence-electron chi connectivity index (χ0n) is 18.0. The van der Waals surface area contributed by atoms with Crippen molar-refractivity contribution in [1.29, 1.82) is 0 Å². The van der Waals surface area contributed by atoms with Crippen LogP contribution in [0.1, 0.15) is 19.4 Å². The molecule has 0 unspecified atom stereocenters. The van der Waals surface area contributed by atoms with Crippen LogP contribution in [0.15, 0.2) is 18.2 Å². The van der Waals surface area contributed by atoms with Gasteiger partial charge in [0.05, 0.1) is 12.7 Å². The summed E-state index contributed by atoms with van der Waals surface area (Å²) < 4.78 is 16.7. The number of methoxy groups -OCH3 is 2. The van der Waals surface area contributed by atoms with Gasteiger partial charge in [0.15, 0.2) is 11.5 Å². The molecule has 1 fully saturated rings. The van der Waals surface area contributed by atoms with Gasteiger partial charge in [-0.05, 0) is 38.6 Å². The van der Waals surface area contributed by atoms with E-state index in [9.17, 15) is 5.11 Å². The van der Waals surface area contributed by atoms with Crippen LogP contribution in [-0.2, 0) is 11.3 Å². The molecular weight excluding hydrogens is 358 g/mol. The summed E-state index contributed by atoms with van der Waals surface area (Å²) >= 11 is 0. The molecule has 7 heteroatoms. The first kappa shape index (κ1) is 22.9. The number of nitrogens with one attached hydrogen (secondary N) is 1. The lowest BCUT2D eigenvalue weighted by Crippen LogP contribution is -2.47. The van der Waals surface area contributed by atoms with Gasteiger partial charge in [-0.15, -0.1) is 0 Å². The Hall–Kier alpha value is -1.38. The van der Waals surface area contributed by atoms with Crippen LogP contribution in [0, 0.1) is 0 Å². The molecule has 0 aliphatic carbocycles. The first-order chi connectivity index (χ1) is 13.3. The van der Waals surface area contributed by atoms with Gasteiger partial charge in [0.1, 0.15) is 12.7 Å². The van der Waals surface area contributed by atoms with Crippen molar-refractivity contribution in [3.05, 3.63) is 23.8 Å². The molecule has 1 saturated heterocycles. The third-order valence-corrected chi connectivity index (χ3v) is 5.16. The number of nitrogens with zero attached hydrogens (tertiary/aromatic N) is 2. The van der Waals surface area contributed by atoms with Crippen molar-refractivity contribution in [2.45, 2.75) is 32.1 Å². The third kappa shape index (κ3) is 7.56. The quantitative estimate of drug-likeness (QED) is 0.584. The van der Waals surface area contributed by atoms with Gasteiger partial charge in [-0.25, -0.2) is 0 Å². The summed E-state index contributed by atoms with van der Waals surface area (Å²) in [5.74, 6) is 1.33. The van der Waals surface area contributed by atoms with Crippen LogP contribution >= 0.6 is 0 Å². The molecule has 0 bridgehead atoms. The lowest BCUT2D eigenvalue weighted by molar-refractivity contribution is 0.0230. The van der Waals surface area contributed by atoms with Gasteiger partial charge >= 0.3 is 0 Å². The number of likely N-dealkylation sites (N-methyl/N-ethyl adjacent to an activating group) is 1. The van der Waals surface area contributed by atoms with Crippen LogP contribution in [0.3, 0.4) is 0 Å². The van der Waals surface area contributed by atoms with Crippen molar-refractivity contribution in [1.82, 2.24) is 15.1 Å². The van der Waals surface area contributed by atoms with E-state index in [4.69, 9.17) is 14.2 Å². The van der Waals surface area contributed by atoms with Gasteiger partial charge in [-0.3, -0.25) is 4.90 Å². The number of piperazine rings is 1. The normalized spacial score (nSPS) is 17.5. The number of aliphatic hydroxyl groups is 1. The summed E-state index contributed by atoms with van der Waals surface area (Å²) in [5, 5.41) is 13.8. The molecule has 2 rings (SSSR count). The SMILES string of the molecule is COc1ccc(CNCC(C)(C)OC)cc1OC[C@H](O)CN1CCN(C)CC1. The Kier molecular flexibility index (Phi) is 8.98. The molecule has 1 atom stereocenters. The fraction of sp³-hybridized carbons (Fsp3) is 0.714. The standard InChI is InChI=1S/C21H37N3O4/c1-21(2,27-5)16-22-13-17-6-7-19(26-4)20(12-17)28-15-18(25)14-24-10-8-23(3)9-11-24/h6-7,12,18,22,25H,8-11,13-16H2,1-5H3/t18-/m1/s1. The highest BCUT2D eigenvalue weighted by molar-refractivity contribution is 5.43. The number of rotatable bonds is 11. The van der Waals surface area contributed by atoms with Gasteiger partial charge < -0.3 is 29.5 Å². The maximum absolute atomic E-state index is 10.4. The van der Waals surface area contributed by atoms with E-state index in [0.29, 0.717) is 24.6 Å². The number of benzene rings is 1. The minimum atomic E-state index is -0.530. The molecule has 1 heterocycles. The number of aliphatic hydroxyl groups excluding tert-OH is 1. The average molecular weight is 396 g/mol. The smallest absolute Gasteiger partial charge is 0.161 e. The summed E-state index contributed by atoms with van der Waals surface area (Å²) in [5.41, 5.74) is 0.885. The molecule has 0 radical (unpaired) electrons. The zero-order valence-corrected chi connectivity index (χ0v) is 18.0. The molecule has 0 amide bonds. The summed E-state index contributed by atoms with van der Waals surface area (Å²) in [6.45, 7) is 10.5. The van der Waals surface area contributed by atoms with E-state index in [2.05, 4.69) is 22.2 Å². The minimum Gasteiger partial charge on any atom is -0.493 e. The van der Waals surface area contributed by atoms with Crippen molar-refractivity contribution in [3.63, 3.8) is 0 Å². The minimum absolute atomic E-state index is 0.209. The van der Waals surface area contributed by atoms with E-state index in [1.165, 1.54) is 0 Å². The Labute approximate surface area is 169 Å². The summed E-state index contributed by atoms with van der Waals surface area (Å²) in [6, 6.07) is 5.88. The Bertz CT molecular complexity index is 589. The topological polar surface area (TPSA) is 66.4 Å².